The number of benzene rings is 1. The maximum atomic E-state index is 12.9. The van der Waals surface area contributed by atoms with Gasteiger partial charge in [0.25, 0.3) is 11.8 Å². The van der Waals surface area contributed by atoms with Gasteiger partial charge in [0, 0.05) is 23.7 Å². The predicted octanol–water partition coefficient (Wildman–Crippen LogP) is 2.36. The van der Waals surface area contributed by atoms with Crippen molar-refractivity contribution in [3.63, 3.8) is 0 Å². The molecule has 1 aromatic heterocycles. The average molecular weight is 386 g/mol. The third-order valence-corrected chi connectivity index (χ3v) is 5.15. The first kappa shape index (κ1) is 17.6. The number of thiophene rings is 1. The number of ether oxygens (including phenoxy) is 3. The molecule has 8 heteroatoms. The standard InChI is InChI=1S/C19H18N2O5S/c1-24-7-6-21-18(22)16(15-3-2-10-27-15)17(19(21)23)20-12-4-5-13-14(11-12)26-9-8-25-13/h2-5,10-11,20H,6-9H2,1H3. The minimum atomic E-state index is -0.365. The van der Waals surface area contributed by atoms with E-state index in [1.54, 1.807) is 18.2 Å². The van der Waals surface area contributed by atoms with Gasteiger partial charge in [-0.3, -0.25) is 14.5 Å². The molecule has 3 heterocycles. The number of hydrogen-bond acceptors (Lipinski definition) is 7. The van der Waals surface area contributed by atoms with E-state index < -0.39 is 0 Å². The van der Waals surface area contributed by atoms with Crippen LogP contribution >= 0.6 is 11.3 Å². The van der Waals surface area contributed by atoms with E-state index in [4.69, 9.17) is 14.2 Å². The van der Waals surface area contributed by atoms with E-state index in [9.17, 15) is 9.59 Å². The van der Waals surface area contributed by atoms with Crippen LogP contribution in [0.1, 0.15) is 4.88 Å². The normalized spacial score (nSPS) is 16.3. The van der Waals surface area contributed by atoms with Crippen molar-refractivity contribution in [2.24, 2.45) is 0 Å². The van der Waals surface area contributed by atoms with Crippen LogP contribution < -0.4 is 14.8 Å². The molecule has 2 aromatic rings. The van der Waals surface area contributed by atoms with Crippen molar-refractivity contribution in [2.75, 3.05) is 38.8 Å². The highest BCUT2D eigenvalue weighted by Gasteiger charge is 2.39. The molecule has 1 aromatic carbocycles. The van der Waals surface area contributed by atoms with Gasteiger partial charge in [0.2, 0.25) is 0 Å². The quantitative estimate of drug-likeness (QED) is 0.768. The summed E-state index contributed by atoms with van der Waals surface area (Å²) in [5.74, 6) is 0.585. The second-order valence-corrected chi connectivity index (χ2v) is 6.91. The van der Waals surface area contributed by atoms with E-state index in [0.29, 0.717) is 36.0 Å². The monoisotopic (exact) mass is 386 g/mol. The maximum Gasteiger partial charge on any atom is 0.278 e. The maximum absolute atomic E-state index is 12.9. The van der Waals surface area contributed by atoms with E-state index >= 15 is 0 Å². The summed E-state index contributed by atoms with van der Waals surface area (Å²) in [6.45, 7) is 1.47. The number of amides is 2. The molecule has 0 radical (unpaired) electrons. The van der Waals surface area contributed by atoms with Crippen molar-refractivity contribution in [3.8, 4) is 11.5 Å². The molecular weight excluding hydrogens is 368 g/mol. The number of fused-ring (bicyclic) bond motifs is 1. The molecule has 0 unspecified atom stereocenters. The molecule has 140 valence electrons. The lowest BCUT2D eigenvalue weighted by Crippen LogP contribution is -2.35. The molecule has 1 N–H and O–H groups in total. The van der Waals surface area contributed by atoms with Gasteiger partial charge in [0.05, 0.1) is 18.7 Å². The number of anilines is 1. The molecule has 2 aliphatic rings. The lowest BCUT2D eigenvalue weighted by atomic mass is 10.1. The van der Waals surface area contributed by atoms with Gasteiger partial charge in [0.1, 0.15) is 18.9 Å². The largest absolute Gasteiger partial charge is 0.486 e. The number of nitrogens with one attached hydrogen (secondary N) is 1. The van der Waals surface area contributed by atoms with Crippen molar-refractivity contribution in [1.82, 2.24) is 4.90 Å². The Morgan fingerprint density at radius 1 is 1.15 bits per heavy atom. The predicted molar refractivity (Wildman–Crippen MR) is 101 cm³/mol. The summed E-state index contributed by atoms with van der Waals surface area (Å²) in [6.07, 6.45) is 0. The molecule has 0 fully saturated rings. The van der Waals surface area contributed by atoms with Gasteiger partial charge >= 0.3 is 0 Å². The summed E-state index contributed by atoms with van der Waals surface area (Å²) in [4.78, 5) is 27.7. The summed E-state index contributed by atoms with van der Waals surface area (Å²) >= 11 is 1.42. The van der Waals surface area contributed by atoms with Crippen LogP contribution in [0.15, 0.2) is 41.4 Å². The van der Waals surface area contributed by atoms with E-state index in [1.165, 1.54) is 23.3 Å². The zero-order valence-corrected chi connectivity index (χ0v) is 15.5. The Morgan fingerprint density at radius 3 is 2.70 bits per heavy atom. The van der Waals surface area contributed by atoms with Crippen LogP contribution in [0.3, 0.4) is 0 Å². The third kappa shape index (κ3) is 3.29. The van der Waals surface area contributed by atoms with Crippen molar-refractivity contribution in [1.29, 1.82) is 0 Å². The Hall–Kier alpha value is -2.84. The Kier molecular flexibility index (Phi) is 4.83. The van der Waals surface area contributed by atoms with Crippen molar-refractivity contribution < 1.29 is 23.8 Å². The van der Waals surface area contributed by atoms with Crippen molar-refractivity contribution >= 4 is 34.4 Å². The topological polar surface area (TPSA) is 77.1 Å². The number of carbonyl (C=O) groups is 2. The highest BCUT2D eigenvalue weighted by Crippen LogP contribution is 2.36. The van der Waals surface area contributed by atoms with Crippen LogP contribution in [0, 0.1) is 0 Å². The van der Waals surface area contributed by atoms with Crippen LogP contribution in [-0.2, 0) is 14.3 Å². The minimum absolute atomic E-state index is 0.204. The fraction of sp³-hybridized carbons (Fsp3) is 0.263. The number of imide groups is 1. The van der Waals surface area contributed by atoms with Crippen LogP contribution in [0.25, 0.3) is 5.57 Å². The molecule has 27 heavy (non-hydrogen) atoms. The van der Waals surface area contributed by atoms with Gasteiger partial charge in [-0.1, -0.05) is 6.07 Å². The highest BCUT2D eigenvalue weighted by atomic mass is 32.1. The Labute approximate surface area is 160 Å². The molecule has 4 rings (SSSR count). The van der Waals surface area contributed by atoms with E-state index in [2.05, 4.69) is 5.32 Å². The summed E-state index contributed by atoms with van der Waals surface area (Å²) in [6, 6.07) is 9.03. The second kappa shape index (κ2) is 7.42. The van der Waals surface area contributed by atoms with Gasteiger partial charge < -0.3 is 19.5 Å². The third-order valence-electron chi connectivity index (χ3n) is 4.27. The first-order chi connectivity index (χ1) is 13.2. The summed E-state index contributed by atoms with van der Waals surface area (Å²) in [5, 5.41) is 4.99. The Morgan fingerprint density at radius 2 is 1.96 bits per heavy atom. The molecule has 0 saturated heterocycles. The van der Waals surface area contributed by atoms with Crippen molar-refractivity contribution in [3.05, 3.63) is 46.3 Å². The van der Waals surface area contributed by atoms with Crippen LogP contribution in [0.5, 0.6) is 11.5 Å². The van der Waals surface area contributed by atoms with E-state index in [-0.39, 0.29) is 30.7 Å². The van der Waals surface area contributed by atoms with Crippen LogP contribution in [0.2, 0.25) is 0 Å². The van der Waals surface area contributed by atoms with Gasteiger partial charge in [-0.25, -0.2) is 0 Å². The Bertz CT molecular complexity index is 907. The first-order valence-corrected chi connectivity index (χ1v) is 9.37. The Balaban J connectivity index is 1.69. The van der Waals surface area contributed by atoms with Gasteiger partial charge in [0.15, 0.2) is 11.5 Å². The van der Waals surface area contributed by atoms with Gasteiger partial charge in [-0.05, 0) is 23.6 Å². The zero-order valence-electron chi connectivity index (χ0n) is 14.7. The lowest BCUT2D eigenvalue weighted by Gasteiger charge is -2.19. The number of methoxy groups -OCH3 is 1. The minimum Gasteiger partial charge on any atom is -0.486 e. The molecule has 0 bridgehead atoms. The SMILES string of the molecule is COCCN1C(=O)C(Nc2ccc3c(c2)OCCO3)=C(c2cccs2)C1=O. The zero-order chi connectivity index (χ0) is 18.8. The molecular formula is C19H18N2O5S. The number of carbonyl (C=O) groups excluding carboxylic acids is 2. The smallest absolute Gasteiger partial charge is 0.278 e. The molecule has 2 aliphatic heterocycles. The number of rotatable bonds is 6. The van der Waals surface area contributed by atoms with E-state index in [0.717, 1.165) is 4.88 Å². The summed E-state index contributed by atoms with van der Waals surface area (Å²) in [7, 11) is 1.53. The highest BCUT2D eigenvalue weighted by molar-refractivity contribution is 7.11. The molecule has 0 atom stereocenters. The number of hydrogen-bond donors (Lipinski definition) is 1. The second-order valence-electron chi connectivity index (χ2n) is 5.97. The first-order valence-electron chi connectivity index (χ1n) is 8.49. The molecule has 0 aliphatic carbocycles. The lowest BCUT2D eigenvalue weighted by molar-refractivity contribution is -0.137. The van der Waals surface area contributed by atoms with Gasteiger partial charge in [-0.2, -0.15) is 0 Å². The van der Waals surface area contributed by atoms with Crippen LogP contribution in [0.4, 0.5) is 5.69 Å². The molecule has 0 spiro atoms. The number of nitrogens with zero attached hydrogens (tertiary/aromatic N) is 1. The fourth-order valence-corrected chi connectivity index (χ4v) is 3.76. The summed E-state index contributed by atoms with van der Waals surface area (Å²) in [5.41, 5.74) is 1.29. The molecule has 2 amide bonds. The van der Waals surface area contributed by atoms with Crippen molar-refractivity contribution in [2.45, 2.75) is 0 Å². The van der Waals surface area contributed by atoms with E-state index in [1.807, 2.05) is 17.5 Å². The van der Waals surface area contributed by atoms with Crippen LogP contribution in [-0.4, -0.2) is 50.2 Å². The molecule has 7 nitrogen and oxygen atoms in total. The van der Waals surface area contributed by atoms with Gasteiger partial charge in [-0.15, -0.1) is 11.3 Å². The fourth-order valence-electron chi connectivity index (χ4n) is 2.99. The summed E-state index contributed by atoms with van der Waals surface area (Å²) < 4.78 is 16.1. The average Bonchev–Trinajstić information content (AvgIpc) is 3.28. The molecule has 0 saturated carbocycles.